The molecule has 7 heteroatoms. The van der Waals surface area contributed by atoms with Gasteiger partial charge >= 0.3 is 6.03 Å². The summed E-state index contributed by atoms with van der Waals surface area (Å²) in [5.41, 5.74) is 3.49. The van der Waals surface area contributed by atoms with Crippen LogP contribution in [0.25, 0.3) is 0 Å². The van der Waals surface area contributed by atoms with Crippen molar-refractivity contribution < 1.29 is 14.3 Å². The lowest BCUT2D eigenvalue weighted by molar-refractivity contribution is 0.0931. The standard InChI is InChI=1S/C36H48N4O3/c1-3-5-6-7-14-23-37-36(42)39-33-20-19-31(43-4-2)26-32(33)35(41)38-27-28-21-24-40(25-22-28)34(29-15-10-8-11-16-29)30-17-12-9-13-18-30/h8-13,15-20,26,28,34H,3-7,14,21-25,27H2,1-2H3,(H,38,41)(H2,37,39,42). The zero-order valence-corrected chi connectivity index (χ0v) is 25.8. The molecule has 0 atom stereocenters. The molecule has 0 aliphatic carbocycles. The molecule has 0 bridgehead atoms. The Morgan fingerprint density at radius 3 is 2.12 bits per heavy atom. The molecule has 1 aliphatic rings. The number of amides is 3. The highest BCUT2D eigenvalue weighted by Crippen LogP contribution is 2.32. The van der Waals surface area contributed by atoms with Gasteiger partial charge in [-0.25, -0.2) is 4.79 Å². The van der Waals surface area contributed by atoms with E-state index >= 15 is 0 Å². The second-order valence-corrected chi connectivity index (χ2v) is 11.3. The minimum atomic E-state index is -0.299. The van der Waals surface area contributed by atoms with Crippen molar-refractivity contribution in [2.24, 2.45) is 5.92 Å². The molecule has 3 aromatic rings. The fourth-order valence-corrected chi connectivity index (χ4v) is 5.81. The van der Waals surface area contributed by atoms with Crippen LogP contribution in [0.3, 0.4) is 0 Å². The zero-order valence-electron chi connectivity index (χ0n) is 25.8. The number of carbonyl (C=O) groups is 2. The van der Waals surface area contributed by atoms with Crippen LogP contribution < -0.4 is 20.7 Å². The van der Waals surface area contributed by atoms with E-state index in [1.54, 1.807) is 18.2 Å². The molecule has 1 heterocycles. The van der Waals surface area contributed by atoms with Gasteiger partial charge in [0.15, 0.2) is 0 Å². The number of piperidine rings is 1. The van der Waals surface area contributed by atoms with Gasteiger partial charge < -0.3 is 20.7 Å². The molecular weight excluding hydrogens is 536 g/mol. The van der Waals surface area contributed by atoms with E-state index in [4.69, 9.17) is 4.74 Å². The number of nitrogens with zero attached hydrogens (tertiary/aromatic N) is 1. The van der Waals surface area contributed by atoms with Crippen LogP contribution in [0.2, 0.25) is 0 Å². The van der Waals surface area contributed by atoms with E-state index in [2.05, 4.69) is 88.4 Å². The van der Waals surface area contributed by atoms with E-state index < -0.39 is 0 Å². The average molecular weight is 585 g/mol. The monoisotopic (exact) mass is 584 g/mol. The first-order valence-electron chi connectivity index (χ1n) is 16.0. The molecule has 1 saturated heterocycles. The van der Waals surface area contributed by atoms with Gasteiger partial charge in [-0.2, -0.15) is 0 Å². The summed E-state index contributed by atoms with van der Waals surface area (Å²) in [5.74, 6) is 0.788. The maximum atomic E-state index is 13.4. The second kappa shape index (κ2) is 17.3. The van der Waals surface area contributed by atoms with Gasteiger partial charge in [0.2, 0.25) is 0 Å². The first-order valence-corrected chi connectivity index (χ1v) is 16.0. The van der Waals surface area contributed by atoms with Gasteiger partial charge in [0.1, 0.15) is 5.75 Å². The van der Waals surface area contributed by atoms with Gasteiger partial charge in [0, 0.05) is 13.1 Å². The predicted octanol–water partition coefficient (Wildman–Crippen LogP) is 7.41. The zero-order chi connectivity index (χ0) is 30.3. The lowest BCUT2D eigenvalue weighted by Crippen LogP contribution is -2.40. The fourth-order valence-electron chi connectivity index (χ4n) is 5.81. The van der Waals surface area contributed by atoms with E-state index in [1.807, 2.05) is 6.92 Å². The molecule has 0 aromatic heterocycles. The van der Waals surface area contributed by atoms with Crippen molar-refractivity contribution in [3.63, 3.8) is 0 Å². The average Bonchev–Trinajstić information content (AvgIpc) is 3.04. The first-order chi connectivity index (χ1) is 21.1. The van der Waals surface area contributed by atoms with Crippen molar-refractivity contribution in [3.8, 4) is 5.75 Å². The van der Waals surface area contributed by atoms with Gasteiger partial charge in [0.05, 0.1) is 23.9 Å². The van der Waals surface area contributed by atoms with E-state index in [1.165, 1.54) is 30.4 Å². The molecule has 3 amide bonds. The number of carbonyl (C=O) groups excluding carboxylic acids is 2. The fraction of sp³-hybridized carbons (Fsp3) is 0.444. The third-order valence-electron chi connectivity index (χ3n) is 8.16. The van der Waals surface area contributed by atoms with Gasteiger partial charge in [-0.3, -0.25) is 9.69 Å². The summed E-state index contributed by atoms with van der Waals surface area (Å²) < 4.78 is 5.66. The highest BCUT2D eigenvalue weighted by molar-refractivity contribution is 6.03. The van der Waals surface area contributed by atoms with Crippen LogP contribution >= 0.6 is 0 Å². The minimum Gasteiger partial charge on any atom is -0.494 e. The Labute approximate surface area is 257 Å². The number of unbranched alkanes of at least 4 members (excludes halogenated alkanes) is 4. The number of rotatable bonds is 15. The Kier molecular flexibility index (Phi) is 12.9. The number of nitrogens with one attached hydrogen (secondary N) is 3. The quantitative estimate of drug-likeness (QED) is 0.163. The molecule has 1 fully saturated rings. The molecule has 0 spiro atoms. The van der Waals surface area contributed by atoms with Crippen LogP contribution in [0.1, 0.15) is 86.3 Å². The Bertz CT molecular complexity index is 1220. The molecule has 230 valence electrons. The van der Waals surface area contributed by atoms with E-state index in [0.717, 1.165) is 38.8 Å². The number of likely N-dealkylation sites (tertiary alicyclic amines) is 1. The van der Waals surface area contributed by atoms with Crippen LogP contribution in [0.4, 0.5) is 10.5 Å². The Morgan fingerprint density at radius 2 is 1.49 bits per heavy atom. The molecule has 0 unspecified atom stereocenters. The predicted molar refractivity (Wildman–Crippen MR) is 175 cm³/mol. The summed E-state index contributed by atoms with van der Waals surface area (Å²) in [4.78, 5) is 28.5. The Morgan fingerprint density at radius 1 is 0.837 bits per heavy atom. The normalized spacial score (nSPS) is 13.9. The first kappa shape index (κ1) is 32.1. The van der Waals surface area contributed by atoms with Crippen molar-refractivity contribution in [3.05, 3.63) is 95.6 Å². The summed E-state index contributed by atoms with van der Waals surface area (Å²) in [6.07, 6.45) is 7.64. The van der Waals surface area contributed by atoms with Crippen molar-refractivity contribution in [1.82, 2.24) is 15.5 Å². The number of urea groups is 1. The van der Waals surface area contributed by atoms with Gasteiger partial charge in [-0.1, -0.05) is 93.3 Å². The van der Waals surface area contributed by atoms with E-state index in [9.17, 15) is 9.59 Å². The molecule has 3 aromatic carbocycles. The second-order valence-electron chi connectivity index (χ2n) is 11.3. The Balaban J connectivity index is 1.33. The van der Waals surface area contributed by atoms with Crippen LogP contribution in [0.15, 0.2) is 78.9 Å². The number of hydrogen-bond acceptors (Lipinski definition) is 4. The van der Waals surface area contributed by atoms with Gasteiger partial charge in [0.25, 0.3) is 5.91 Å². The smallest absolute Gasteiger partial charge is 0.319 e. The van der Waals surface area contributed by atoms with Crippen LogP contribution in [0.5, 0.6) is 5.75 Å². The third-order valence-corrected chi connectivity index (χ3v) is 8.16. The molecule has 43 heavy (non-hydrogen) atoms. The SMILES string of the molecule is CCCCCCCNC(=O)Nc1ccc(OCC)cc1C(=O)NCC1CCN(C(c2ccccc2)c2ccccc2)CC1. The number of ether oxygens (including phenoxy) is 1. The van der Waals surface area contributed by atoms with Crippen molar-refractivity contribution >= 4 is 17.6 Å². The minimum absolute atomic E-state index is 0.203. The maximum absolute atomic E-state index is 13.4. The summed E-state index contributed by atoms with van der Waals surface area (Å²) >= 11 is 0. The number of hydrogen-bond donors (Lipinski definition) is 3. The highest BCUT2D eigenvalue weighted by Gasteiger charge is 2.28. The van der Waals surface area contributed by atoms with Gasteiger partial charge in [-0.05, 0) is 74.5 Å². The number of anilines is 1. The molecule has 4 rings (SSSR count). The van der Waals surface area contributed by atoms with E-state index in [0.29, 0.717) is 42.6 Å². The van der Waals surface area contributed by atoms with Crippen molar-refractivity contribution in [2.75, 3.05) is 38.1 Å². The van der Waals surface area contributed by atoms with E-state index in [-0.39, 0.29) is 18.0 Å². The summed E-state index contributed by atoms with van der Waals surface area (Å²) in [5, 5.41) is 8.94. The summed E-state index contributed by atoms with van der Waals surface area (Å²) in [6, 6.07) is 26.5. The molecule has 7 nitrogen and oxygen atoms in total. The van der Waals surface area contributed by atoms with Crippen LogP contribution in [-0.2, 0) is 0 Å². The lowest BCUT2D eigenvalue weighted by atomic mass is 9.91. The molecule has 1 aliphatic heterocycles. The molecule has 3 N–H and O–H groups in total. The molecule has 0 radical (unpaired) electrons. The summed E-state index contributed by atoms with van der Waals surface area (Å²) in [7, 11) is 0. The third kappa shape index (κ3) is 9.85. The largest absolute Gasteiger partial charge is 0.494 e. The molecule has 0 saturated carbocycles. The lowest BCUT2D eigenvalue weighted by Gasteiger charge is -2.38. The van der Waals surface area contributed by atoms with Crippen molar-refractivity contribution in [1.29, 1.82) is 0 Å². The molecular formula is C36H48N4O3. The highest BCUT2D eigenvalue weighted by atomic mass is 16.5. The topological polar surface area (TPSA) is 82.7 Å². The summed E-state index contributed by atoms with van der Waals surface area (Å²) in [6.45, 7) is 7.72. The van der Waals surface area contributed by atoms with Crippen LogP contribution in [-0.4, -0.2) is 49.6 Å². The van der Waals surface area contributed by atoms with Gasteiger partial charge in [-0.15, -0.1) is 0 Å². The van der Waals surface area contributed by atoms with Crippen LogP contribution in [0, 0.1) is 5.92 Å². The van der Waals surface area contributed by atoms with Crippen molar-refractivity contribution in [2.45, 2.75) is 64.8 Å². The Hall–Kier alpha value is -3.84. The maximum Gasteiger partial charge on any atom is 0.319 e. The number of benzene rings is 3.